The molecule has 0 aliphatic heterocycles. The first-order valence-electron chi connectivity index (χ1n) is 7.92. The van der Waals surface area contributed by atoms with Gasteiger partial charge in [-0.05, 0) is 42.6 Å². The highest BCUT2D eigenvalue weighted by Crippen LogP contribution is 2.24. The van der Waals surface area contributed by atoms with Crippen molar-refractivity contribution in [2.24, 2.45) is 0 Å². The molecule has 0 aliphatic rings. The van der Waals surface area contributed by atoms with Crippen LogP contribution in [0.25, 0.3) is 11.4 Å². The topological polar surface area (TPSA) is 59.2 Å². The van der Waals surface area contributed by atoms with Crippen LogP contribution in [0.2, 0.25) is 0 Å². The van der Waals surface area contributed by atoms with Gasteiger partial charge in [0.15, 0.2) is 0 Å². The van der Waals surface area contributed by atoms with Crippen molar-refractivity contribution in [2.75, 3.05) is 7.05 Å². The lowest BCUT2D eigenvalue weighted by molar-refractivity contribution is -0.131. The number of benzene rings is 1. The number of thiophene rings is 1. The Labute approximate surface area is 149 Å². The normalized spacial score (nSPS) is 12.1. The van der Waals surface area contributed by atoms with E-state index in [4.69, 9.17) is 4.52 Å². The summed E-state index contributed by atoms with van der Waals surface area (Å²) in [4.78, 5) is 19.5. The summed E-state index contributed by atoms with van der Waals surface area (Å²) in [6, 6.07) is 9.89. The molecule has 1 atom stereocenters. The molecule has 2 heterocycles. The van der Waals surface area contributed by atoms with Crippen LogP contribution in [0.5, 0.6) is 0 Å². The van der Waals surface area contributed by atoms with Gasteiger partial charge in [0.2, 0.25) is 17.6 Å². The van der Waals surface area contributed by atoms with Crippen molar-refractivity contribution in [1.29, 1.82) is 0 Å². The smallest absolute Gasteiger partial charge is 0.227 e. The van der Waals surface area contributed by atoms with Gasteiger partial charge in [0.05, 0.1) is 6.04 Å². The Balaban J connectivity index is 1.58. The molecule has 130 valence electrons. The van der Waals surface area contributed by atoms with E-state index in [1.54, 1.807) is 35.4 Å². The second-order valence-electron chi connectivity index (χ2n) is 5.71. The van der Waals surface area contributed by atoms with Gasteiger partial charge in [-0.15, -0.1) is 11.3 Å². The molecule has 0 aliphatic carbocycles. The minimum absolute atomic E-state index is 0.0161. The van der Waals surface area contributed by atoms with Crippen LogP contribution < -0.4 is 0 Å². The molecule has 25 heavy (non-hydrogen) atoms. The molecule has 0 saturated heterocycles. The minimum Gasteiger partial charge on any atom is -0.339 e. The zero-order chi connectivity index (χ0) is 17.8. The predicted molar refractivity (Wildman–Crippen MR) is 93.5 cm³/mol. The SMILES string of the molecule is CC(c1cccs1)N(C)C(=O)CCc1nc(-c2ccc(F)cc2)no1. The lowest BCUT2D eigenvalue weighted by Gasteiger charge is -2.23. The maximum Gasteiger partial charge on any atom is 0.227 e. The van der Waals surface area contributed by atoms with Gasteiger partial charge in [-0.25, -0.2) is 4.39 Å². The summed E-state index contributed by atoms with van der Waals surface area (Å²) >= 11 is 1.63. The second-order valence-corrected chi connectivity index (χ2v) is 6.69. The van der Waals surface area contributed by atoms with Crippen LogP contribution in [0.15, 0.2) is 46.3 Å². The monoisotopic (exact) mass is 359 g/mol. The number of rotatable bonds is 6. The number of hydrogen-bond donors (Lipinski definition) is 0. The molecule has 1 amide bonds. The number of carbonyl (C=O) groups is 1. The summed E-state index contributed by atoms with van der Waals surface area (Å²) in [5.74, 6) is 0.482. The van der Waals surface area contributed by atoms with Crippen molar-refractivity contribution in [3.05, 3.63) is 58.4 Å². The molecule has 5 nitrogen and oxygen atoms in total. The van der Waals surface area contributed by atoms with E-state index in [0.717, 1.165) is 4.88 Å². The van der Waals surface area contributed by atoms with Gasteiger partial charge in [0.1, 0.15) is 5.82 Å². The molecule has 0 saturated carbocycles. The Morgan fingerprint density at radius 2 is 2.08 bits per heavy atom. The summed E-state index contributed by atoms with van der Waals surface area (Å²) in [7, 11) is 1.80. The quantitative estimate of drug-likeness (QED) is 0.665. The van der Waals surface area contributed by atoms with E-state index in [2.05, 4.69) is 10.1 Å². The molecule has 0 radical (unpaired) electrons. The first kappa shape index (κ1) is 17.3. The lowest BCUT2D eigenvalue weighted by atomic mass is 10.2. The Hall–Kier alpha value is -2.54. The molecule has 2 aromatic heterocycles. The number of amides is 1. The Kier molecular flexibility index (Phi) is 5.23. The Morgan fingerprint density at radius 1 is 1.32 bits per heavy atom. The van der Waals surface area contributed by atoms with E-state index in [1.807, 2.05) is 24.4 Å². The third-order valence-electron chi connectivity index (χ3n) is 4.05. The van der Waals surface area contributed by atoms with Gasteiger partial charge >= 0.3 is 0 Å². The average molecular weight is 359 g/mol. The standard InChI is InChI=1S/C18H18FN3O2S/c1-12(15-4-3-11-25-15)22(2)17(23)10-9-16-20-18(21-24-16)13-5-7-14(19)8-6-13/h3-8,11-12H,9-10H2,1-2H3. The van der Waals surface area contributed by atoms with Crippen LogP contribution in [0.1, 0.15) is 30.2 Å². The number of aryl methyl sites for hydroxylation is 1. The number of hydrogen-bond acceptors (Lipinski definition) is 5. The molecular weight excluding hydrogens is 341 g/mol. The molecular formula is C18H18FN3O2S. The van der Waals surface area contributed by atoms with E-state index in [1.165, 1.54) is 12.1 Å². The molecule has 1 aromatic carbocycles. The van der Waals surface area contributed by atoms with Crippen LogP contribution in [0, 0.1) is 5.82 Å². The van der Waals surface area contributed by atoms with Crippen molar-refractivity contribution >= 4 is 17.2 Å². The summed E-state index contributed by atoms with van der Waals surface area (Å²) in [5.41, 5.74) is 0.672. The third-order valence-corrected chi connectivity index (χ3v) is 5.10. The van der Waals surface area contributed by atoms with Crippen molar-refractivity contribution in [2.45, 2.75) is 25.8 Å². The van der Waals surface area contributed by atoms with Crippen LogP contribution in [0.4, 0.5) is 4.39 Å². The zero-order valence-corrected chi connectivity index (χ0v) is 14.8. The van der Waals surface area contributed by atoms with Crippen LogP contribution in [0.3, 0.4) is 0 Å². The summed E-state index contributed by atoms with van der Waals surface area (Å²) in [6.45, 7) is 2.00. The maximum atomic E-state index is 13.0. The van der Waals surface area contributed by atoms with Crippen molar-refractivity contribution in [3.63, 3.8) is 0 Å². The van der Waals surface area contributed by atoms with E-state index in [9.17, 15) is 9.18 Å². The maximum absolute atomic E-state index is 13.0. The first-order valence-corrected chi connectivity index (χ1v) is 8.80. The summed E-state index contributed by atoms with van der Waals surface area (Å²) in [5, 5.41) is 5.88. The highest BCUT2D eigenvalue weighted by molar-refractivity contribution is 7.10. The average Bonchev–Trinajstić information content (AvgIpc) is 3.31. The largest absolute Gasteiger partial charge is 0.339 e. The van der Waals surface area contributed by atoms with Gasteiger partial charge in [-0.1, -0.05) is 11.2 Å². The number of nitrogens with zero attached hydrogens (tertiary/aromatic N) is 3. The van der Waals surface area contributed by atoms with E-state index in [-0.39, 0.29) is 24.2 Å². The predicted octanol–water partition coefficient (Wildman–Crippen LogP) is 4.09. The fourth-order valence-corrected chi connectivity index (χ4v) is 3.23. The lowest BCUT2D eigenvalue weighted by Crippen LogP contribution is -2.29. The zero-order valence-electron chi connectivity index (χ0n) is 14.0. The number of aromatic nitrogens is 2. The molecule has 3 rings (SSSR count). The third kappa shape index (κ3) is 4.11. The van der Waals surface area contributed by atoms with Gasteiger partial charge in [0, 0.05) is 30.3 Å². The fourth-order valence-electron chi connectivity index (χ4n) is 2.40. The number of carbonyl (C=O) groups excluding carboxylic acids is 1. The van der Waals surface area contributed by atoms with Gasteiger partial charge in [-0.2, -0.15) is 4.98 Å². The van der Waals surface area contributed by atoms with Gasteiger partial charge in [-0.3, -0.25) is 4.79 Å². The Bertz CT molecular complexity index is 830. The van der Waals surface area contributed by atoms with Crippen LogP contribution >= 0.6 is 11.3 Å². The summed E-state index contributed by atoms with van der Waals surface area (Å²) in [6.07, 6.45) is 0.659. The highest BCUT2D eigenvalue weighted by Gasteiger charge is 2.19. The van der Waals surface area contributed by atoms with Gasteiger partial charge < -0.3 is 9.42 Å². The van der Waals surface area contributed by atoms with E-state index < -0.39 is 0 Å². The van der Waals surface area contributed by atoms with E-state index in [0.29, 0.717) is 23.7 Å². The van der Waals surface area contributed by atoms with Crippen LogP contribution in [-0.2, 0) is 11.2 Å². The Morgan fingerprint density at radius 3 is 2.76 bits per heavy atom. The van der Waals surface area contributed by atoms with Crippen LogP contribution in [-0.4, -0.2) is 28.0 Å². The molecule has 7 heteroatoms. The summed E-state index contributed by atoms with van der Waals surface area (Å²) < 4.78 is 18.1. The molecule has 1 unspecified atom stereocenters. The highest BCUT2D eigenvalue weighted by atomic mass is 32.1. The fraction of sp³-hybridized carbons (Fsp3) is 0.278. The second kappa shape index (κ2) is 7.57. The van der Waals surface area contributed by atoms with Crippen molar-refractivity contribution < 1.29 is 13.7 Å². The van der Waals surface area contributed by atoms with Gasteiger partial charge in [0.25, 0.3) is 0 Å². The van der Waals surface area contributed by atoms with E-state index >= 15 is 0 Å². The van der Waals surface area contributed by atoms with Crippen molar-refractivity contribution in [3.8, 4) is 11.4 Å². The first-order chi connectivity index (χ1) is 12.0. The number of halogens is 1. The molecule has 0 bridgehead atoms. The molecule has 0 fully saturated rings. The molecule has 0 spiro atoms. The van der Waals surface area contributed by atoms with Crippen molar-refractivity contribution in [1.82, 2.24) is 15.0 Å². The molecule has 0 N–H and O–H groups in total. The minimum atomic E-state index is -0.319. The molecule has 3 aromatic rings.